The van der Waals surface area contributed by atoms with Crippen molar-refractivity contribution in [3.8, 4) is 0 Å². The van der Waals surface area contributed by atoms with E-state index in [2.05, 4.69) is 5.10 Å². The number of rotatable bonds is 6. The Balaban J connectivity index is 1.75. The number of carbonyl (C=O) groups excluding carboxylic acids is 1. The number of amides is 1. The van der Waals surface area contributed by atoms with Gasteiger partial charge in [0.25, 0.3) is 11.6 Å². The van der Waals surface area contributed by atoms with Crippen LogP contribution in [0.2, 0.25) is 5.02 Å². The highest BCUT2D eigenvalue weighted by Crippen LogP contribution is 2.24. The SMILES string of the molecule is C[C@@H](c1cccc([N+](=O)[O-])c1)N(C)C(=O)c1cnn(Cc2ccccc2Cl)c1. The van der Waals surface area contributed by atoms with E-state index in [1.54, 1.807) is 36.1 Å². The Labute approximate surface area is 167 Å². The quantitative estimate of drug-likeness (QED) is 0.457. The van der Waals surface area contributed by atoms with Gasteiger partial charge in [-0.15, -0.1) is 0 Å². The average molecular weight is 399 g/mol. The molecule has 0 aliphatic heterocycles. The van der Waals surface area contributed by atoms with Gasteiger partial charge in [-0.1, -0.05) is 41.9 Å². The molecule has 144 valence electrons. The molecule has 0 radical (unpaired) electrons. The molecule has 0 saturated heterocycles. The largest absolute Gasteiger partial charge is 0.335 e. The van der Waals surface area contributed by atoms with Gasteiger partial charge in [-0.05, 0) is 24.1 Å². The highest BCUT2D eigenvalue weighted by Gasteiger charge is 2.21. The monoisotopic (exact) mass is 398 g/mol. The topological polar surface area (TPSA) is 81.3 Å². The molecule has 1 aromatic heterocycles. The lowest BCUT2D eigenvalue weighted by Gasteiger charge is -2.24. The molecule has 0 unspecified atom stereocenters. The van der Waals surface area contributed by atoms with Crippen molar-refractivity contribution >= 4 is 23.2 Å². The fraction of sp³-hybridized carbons (Fsp3) is 0.200. The zero-order chi connectivity index (χ0) is 20.3. The minimum absolute atomic E-state index is 0.00208. The standard InChI is InChI=1S/C20H19ClN4O3/c1-14(15-7-5-8-18(10-15)25(27)28)23(2)20(26)17-11-22-24(13-17)12-16-6-3-4-9-19(16)21/h3-11,13-14H,12H2,1-2H3/t14-/m0/s1. The van der Waals surface area contributed by atoms with E-state index in [-0.39, 0.29) is 17.6 Å². The van der Waals surface area contributed by atoms with Gasteiger partial charge in [0.15, 0.2) is 0 Å². The molecule has 0 fully saturated rings. The Morgan fingerprint density at radius 1 is 1.29 bits per heavy atom. The van der Waals surface area contributed by atoms with Crippen molar-refractivity contribution in [3.63, 3.8) is 0 Å². The molecule has 3 rings (SSSR count). The predicted octanol–water partition coefficient (Wildman–Crippen LogP) is 4.33. The van der Waals surface area contributed by atoms with Crippen molar-refractivity contribution in [2.75, 3.05) is 7.05 Å². The van der Waals surface area contributed by atoms with Crippen molar-refractivity contribution in [2.45, 2.75) is 19.5 Å². The second kappa shape index (κ2) is 8.22. The summed E-state index contributed by atoms with van der Waals surface area (Å²) in [4.78, 5) is 24.9. The summed E-state index contributed by atoms with van der Waals surface area (Å²) in [6.07, 6.45) is 3.18. The molecule has 2 aromatic carbocycles. The van der Waals surface area contributed by atoms with Crippen LogP contribution in [0, 0.1) is 10.1 Å². The van der Waals surface area contributed by atoms with Crippen molar-refractivity contribution in [1.82, 2.24) is 14.7 Å². The second-order valence-corrected chi connectivity index (χ2v) is 6.87. The molecular formula is C20H19ClN4O3. The first-order chi connectivity index (χ1) is 13.4. The van der Waals surface area contributed by atoms with Crippen LogP contribution in [0.15, 0.2) is 60.9 Å². The van der Waals surface area contributed by atoms with Gasteiger partial charge in [0.1, 0.15) is 0 Å². The first kappa shape index (κ1) is 19.6. The Kier molecular flexibility index (Phi) is 5.75. The molecule has 0 spiro atoms. The fourth-order valence-corrected chi connectivity index (χ4v) is 3.06. The van der Waals surface area contributed by atoms with Gasteiger partial charge < -0.3 is 4.90 Å². The smallest absolute Gasteiger partial charge is 0.269 e. The molecule has 0 N–H and O–H groups in total. The summed E-state index contributed by atoms with van der Waals surface area (Å²) in [5.74, 6) is -0.218. The van der Waals surface area contributed by atoms with E-state index in [0.717, 1.165) is 5.56 Å². The van der Waals surface area contributed by atoms with Gasteiger partial charge in [0.2, 0.25) is 0 Å². The van der Waals surface area contributed by atoms with Crippen LogP contribution < -0.4 is 0 Å². The number of hydrogen-bond acceptors (Lipinski definition) is 4. The van der Waals surface area contributed by atoms with Crippen molar-refractivity contribution in [1.29, 1.82) is 0 Å². The third-order valence-electron chi connectivity index (χ3n) is 4.64. The molecular weight excluding hydrogens is 380 g/mol. The number of carbonyl (C=O) groups is 1. The normalized spacial score (nSPS) is 11.8. The highest BCUT2D eigenvalue weighted by molar-refractivity contribution is 6.31. The van der Waals surface area contributed by atoms with Crippen LogP contribution in [0.1, 0.15) is 34.5 Å². The van der Waals surface area contributed by atoms with Gasteiger partial charge in [-0.3, -0.25) is 19.6 Å². The predicted molar refractivity (Wildman–Crippen MR) is 106 cm³/mol. The molecule has 0 bridgehead atoms. The molecule has 0 aliphatic carbocycles. The minimum atomic E-state index is -0.448. The maximum Gasteiger partial charge on any atom is 0.269 e. The molecule has 1 atom stereocenters. The number of nitrogens with zero attached hydrogens (tertiary/aromatic N) is 4. The van der Waals surface area contributed by atoms with Crippen LogP contribution in [0.3, 0.4) is 0 Å². The van der Waals surface area contributed by atoms with Crippen molar-refractivity contribution in [2.24, 2.45) is 0 Å². The lowest BCUT2D eigenvalue weighted by Crippen LogP contribution is -2.29. The third-order valence-corrected chi connectivity index (χ3v) is 5.00. The maximum atomic E-state index is 12.8. The lowest BCUT2D eigenvalue weighted by molar-refractivity contribution is -0.384. The van der Waals surface area contributed by atoms with Gasteiger partial charge in [-0.25, -0.2) is 0 Å². The van der Waals surface area contributed by atoms with Crippen molar-refractivity contribution in [3.05, 3.63) is 92.8 Å². The Morgan fingerprint density at radius 3 is 2.75 bits per heavy atom. The number of non-ortho nitro benzene ring substituents is 1. The van der Waals surface area contributed by atoms with E-state index in [1.807, 2.05) is 25.1 Å². The summed E-state index contributed by atoms with van der Waals surface area (Å²) in [7, 11) is 1.66. The Bertz CT molecular complexity index is 1020. The molecule has 8 heteroatoms. The van der Waals surface area contributed by atoms with E-state index in [0.29, 0.717) is 22.7 Å². The number of hydrogen-bond donors (Lipinski definition) is 0. The van der Waals surface area contributed by atoms with Gasteiger partial charge >= 0.3 is 0 Å². The minimum Gasteiger partial charge on any atom is -0.335 e. The zero-order valence-corrected chi connectivity index (χ0v) is 16.2. The number of aromatic nitrogens is 2. The number of benzene rings is 2. The van der Waals surface area contributed by atoms with E-state index in [1.165, 1.54) is 23.2 Å². The average Bonchev–Trinajstić information content (AvgIpc) is 3.16. The van der Waals surface area contributed by atoms with Gasteiger partial charge in [0, 0.05) is 30.4 Å². The van der Waals surface area contributed by atoms with Crippen LogP contribution in [0.25, 0.3) is 0 Å². The maximum absolute atomic E-state index is 12.8. The van der Waals surface area contributed by atoms with Gasteiger partial charge in [0.05, 0.1) is 29.3 Å². The summed E-state index contributed by atoms with van der Waals surface area (Å²) < 4.78 is 1.65. The summed E-state index contributed by atoms with van der Waals surface area (Å²) >= 11 is 6.17. The molecule has 3 aromatic rings. The van der Waals surface area contributed by atoms with Gasteiger partial charge in [-0.2, -0.15) is 5.10 Å². The first-order valence-corrected chi connectivity index (χ1v) is 9.02. The summed E-state index contributed by atoms with van der Waals surface area (Å²) in [5, 5.41) is 15.9. The molecule has 0 saturated carbocycles. The van der Waals surface area contributed by atoms with Crippen LogP contribution in [0.5, 0.6) is 0 Å². The summed E-state index contributed by atoms with van der Waals surface area (Å²) in [6.45, 7) is 2.28. The Morgan fingerprint density at radius 2 is 2.04 bits per heavy atom. The number of nitro groups is 1. The van der Waals surface area contributed by atoms with Crippen LogP contribution >= 0.6 is 11.6 Å². The van der Waals surface area contributed by atoms with E-state index >= 15 is 0 Å². The second-order valence-electron chi connectivity index (χ2n) is 6.46. The van der Waals surface area contributed by atoms with E-state index in [4.69, 9.17) is 11.6 Å². The highest BCUT2D eigenvalue weighted by atomic mass is 35.5. The lowest BCUT2D eigenvalue weighted by atomic mass is 10.1. The van der Waals surface area contributed by atoms with Crippen molar-refractivity contribution < 1.29 is 9.72 Å². The van der Waals surface area contributed by atoms with Crippen LogP contribution in [0.4, 0.5) is 5.69 Å². The summed E-state index contributed by atoms with van der Waals surface area (Å²) in [5.41, 5.74) is 2.03. The van der Waals surface area contributed by atoms with Crippen LogP contribution in [-0.2, 0) is 6.54 Å². The van der Waals surface area contributed by atoms with E-state index < -0.39 is 4.92 Å². The molecule has 0 aliphatic rings. The Hall–Kier alpha value is -3.19. The molecule has 7 nitrogen and oxygen atoms in total. The zero-order valence-electron chi connectivity index (χ0n) is 15.4. The summed E-state index contributed by atoms with van der Waals surface area (Å²) in [6, 6.07) is 13.4. The van der Waals surface area contributed by atoms with Crippen LogP contribution in [-0.4, -0.2) is 32.6 Å². The van der Waals surface area contributed by atoms with E-state index in [9.17, 15) is 14.9 Å². The molecule has 1 heterocycles. The number of halogens is 1. The molecule has 28 heavy (non-hydrogen) atoms. The first-order valence-electron chi connectivity index (χ1n) is 8.64. The third kappa shape index (κ3) is 4.20. The number of nitro benzene ring substituents is 1. The molecule has 1 amide bonds. The fourth-order valence-electron chi connectivity index (χ4n) is 2.86.